The average molecular weight is 377 g/mol. The predicted octanol–water partition coefficient (Wildman–Crippen LogP) is 4.05. The molecule has 0 spiro atoms. The third kappa shape index (κ3) is 3.70. The summed E-state index contributed by atoms with van der Waals surface area (Å²) in [5.74, 6) is 0.216. The first-order valence-corrected chi connectivity index (χ1v) is 9.00. The Balaban J connectivity index is 1.78. The van der Waals surface area contributed by atoms with Gasteiger partial charge in [-0.3, -0.25) is 9.59 Å². The van der Waals surface area contributed by atoms with Crippen molar-refractivity contribution in [3.8, 4) is 5.75 Å². The van der Waals surface area contributed by atoms with Crippen LogP contribution in [0.2, 0.25) is 5.02 Å². The first kappa shape index (κ1) is 17.5. The van der Waals surface area contributed by atoms with Gasteiger partial charge in [-0.2, -0.15) is 0 Å². The highest BCUT2D eigenvalue weighted by Gasteiger charge is 2.20. The van der Waals surface area contributed by atoms with Crippen LogP contribution in [0.5, 0.6) is 5.75 Å². The molecule has 0 bridgehead atoms. The molecule has 3 aromatic rings. The Morgan fingerprint density at radius 3 is 2.80 bits per heavy atom. The third-order valence-electron chi connectivity index (χ3n) is 3.83. The van der Waals surface area contributed by atoms with E-state index in [1.807, 2.05) is 13.0 Å². The van der Waals surface area contributed by atoms with E-state index in [0.29, 0.717) is 22.9 Å². The van der Waals surface area contributed by atoms with Gasteiger partial charge in [0, 0.05) is 12.7 Å². The predicted molar refractivity (Wildman–Crippen MR) is 102 cm³/mol. The number of anilines is 1. The highest BCUT2D eigenvalue weighted by atomic mass is 35.5. The molecule has 0 aliphatic carbocycles. The van der Waals surface area contributed by atoms with E-state index in [1.54, 1.807) is 48.0 Å². The Kier molecular flexibility index (Phi) is 5.11. The van der Waals surface area contributed by atoms with E-state index in [-0.39, 0.29) is 10.8 Å². The van der Waals surface area contributed by atoms with E-state index in [1.165, 1.54) is 0 Å². The van der Waals surface area contributed by atoms with Crippen LogP contribution in [-0.4, -0.2) is 16.6 Å². The van der Waals surface area contributed by atoms with Gasteiger partial charge >= 0.3 is 4.87 Å². The number of halogens is 1. The lowest BCUT2D eigenvalue weighted by molar-refractivity contribution is -0.122. The summed E-state index contributed by atoms with van der Waals surface area (Å²) in [5, 5.41) is 3.30. The zero-order chi connectivity index (χ0) is 18.0. The number of hydrogen-bond donors (Lipinski definition) is 1. The first-order valence-electron chi connectivity index (χ1n) is 7.81. The summed E-state index contributed by atoms with van der Waals surface area (Å²) in [7, 11) is 1.73. The minimum absolute atomic E-state index is 0.0352. The standard InChI is InChI=1S/C18H17ClN2O3S/c1-3-14(24-15-7-5-4-6-12(15)19)17(22)20-11-8-9-13-16(10-11)25-18(23)21(13)2/h4-10,14H,3H2,1-2H3,(H,20,22)/t14-/m0/s1. The van der Waals surface area contributed by atoms with E-state index >= 15 is 0 Å². The monoisotopic (exact) mass is 376 g/mol. The van der Waals surface area contributed by atoms with Gasteiger partial charge < -0.3 is 14.6 Å². The molecule has 1 aromatic heterocycles. The second-order valence-corrected chi connectivity index (χ2v) is 6.94. The molecular weight excluding hydrogens is 360 g/mol. The van der Waals surface area contributed by atoms with Gasteiger partial charge in [0.15, 0.2) is 6.10 Å². The minimum Gasteiger partial charge on any atom is -0.479 e. The maximum atomic E-state index is 12.5. The van der Waals surface area contributed by atoms with Gasteiger partial charge in [-0.15, -0.1) is 0 Å². The normalized spacial score (nSPS) is 12.1. The fourth-order valence-electron chi connectivity index (χ4n) is 2.45. The molecule has 0 radical (unpaired) electrons. The summed E-state index contributed by atoms with van der Waals surface area (Å²) >= 11 is 7.23. The van der Waals surface area contributed by atoms with Crippen molar-refractivity contribution in [2.75, 3.05) is 5.32 Å². The van der Waals surface area contributed by atoms with Crippen LogP contribution in [0.3, 0.4) is 0 Å². The molecule has 0 aliphatic heterocycles. The number of hydrogen-bond acceptors (Lipinski definition) is 4. The Morgan fingerprint density at radius 2 is 2.08 bits per heavy atom. The van der Waals surface area contributed by atoms with E-state index in [4.69, 9.17) is 16.3 Å². The molecule has 5 nitrogen and oxygen atoms in total. The van der Waals surface area contributed by atoms with Gasteiger partial charge in [-0.05, 0) is 36.8 Å². The smallest absolute Gasteiger partial charge is 0.307 e. The van der Waals surface area contributed by atoms with E-state index in [9.17, 15) is 9.59 Å². The van der Waals surface area contributed by atoms with Crippen molar-refractivity contribution in [1.29, 1.82) is 0 Å². The summed E-state index contributed by atoms with van der Waals surface area (Å²) in [6, 6.07) is 12.4. The molecule has 0 unspecified atom stereocenters. The first-order chi connectivity index (χ1) is 12.0. The number of para-hydroxylation sites is 1. The molecule has 1 amide bonds. The van der Waals surface area contributed by atoms with Crippen LogP contribution in [0, 0.1) is 0 Å². The maximum Gasteiger partial charge on any atom is 0.307 e. The molecule has 2 aromatic carbocycles. The average Bonchev–Trinajstić information content (AvgIpc) is 2.88. The lowest BCUT2D eigenvalue weighted by atomic mass is 10.2. The molecule has 7 heteroatoms. The van der Waals surface area contributed by atoms with Gasteiger partial charge in [-0.1, -0.05) is 42.0 Å². The minimum atomic E-state index is -0.662. The van der Waals surface area contributed by atoms with Crippen LogP contribution in [0.1, 0.15) is 13.3 Å². The summed E-state index contributed by atoms with van der Waals surface area (Å²) < 4.78 is 8.15. The Morgan fingerprint density at radius 1 is 1.32 bits per heavy atom. The van der Waals surface area contributed by atoms with Crippen LogP contribution in [0.4, 0.5) is 5.69 Å². The fraction of sp³-hybridized carbons (Fsp3) is 0.222. The molecule has 25 heavy (non-hydrogen) atoms. The number of aromatic nitrogens is 1. The number of fused-ring (bicyclic) bond motifs is 1. The van der Waals surface area contributed by atoms with Gasteiger partial charge in [0.25, 0.3) is 5.91 Å². The topological polar surface area (TPSA) is 60.3 Å². The largest absolute Gasteiger partial charge is 0.479 e. The quantitative estimate of drug-likeness (QED) is 0.730. The van der Waals surface area contributed by atoms with E-state index in [2.05, 4.69) is 5.32 Å². The van der Waals surface area contributed by atoms with Crippen molar-refractivity contribution >= 4 is 44.7 Å². The molecule has 1 N–H and O–H groups in total. The number of nitrogens with one attached hydrogen (secondary N) is 1. The van der Waals surface area contributed by atoms with E-state index in [0.717, 1.165) is 21.6 Å². The Hall–Kier alpha value is -2.31. The number of aryl methyl sites for hydroxylation is 1. The highest BCUT2D eigenvalue weighted by Crippen LogP contribution is 2.26. The lowest BCUT2D eigenvalue weighted by Crippen LogP contribution is -2.32. The number of thiazole rings is 1. The second kappa shape index (κ2) is 7.29. The molecule has 0 saturated carbocycles. The number of benzene rings is 2. The summed E-state index contributed by atoms with van der Waals surface area (Å²) in [6.07, 6.45) is -0.164. The van der Waals surface area contributed by atoms with Crippen molar-refractivity contribution in [2.24, 2.45) is 7.05 Å². The highest BCUT2D eigenvalue weighted by molar-refractivity contribution is 7.16. The van der Waals surface area contributed by atoms with Crippen molar-refractivity contribution in [1.82, 2.24) is 4.57 Å². The fourth-order valence-corrected chi connectivity index (χ4v) is 3.55. The molecule has 130 valence electrons. The third-order valence-corrected chi connectivity index (χ3v) is 5.14. The summed E-state index contributed by atoms with van der Waals surface area (Å²) in [6.45, 7) is 1.87. The number of nitrogens with zero attached hydrogens (tertiary/aromatic N) is 1. The molecule has 0 fully saturated rings. The molecule has 0 saturated heterocycles. The Labute approximate surface area is 153 Å². The molecule has 1 heterocycles. The van der Waals surface area contributed by atoms with Crippen molar-refractivity contribution in [3.63, 3.8) is 0 Å². The molecule has 1 atom stereocenters. The zero-order valence-electron chi connectivity index (χ0n) is 13.8. The van der Waals surface area contributed by atoms with Crippen molar-refractivity contribution < 1.29 is 9.53 Å². The van der Waals surface area contributed by atoms with Crippen LogP contribution in [0.15, 0.2) is 47.3 Å². The van der Waals surface area contributed by atoms with Crippen LogP contribution in [-0.2, 0) is 11.8 Å². The number of amides is 1. The second-order valence-electron chi connectivity index (χ2n) is 5.54. The number of carbonyl (C=O) groups is 1. The maximum absolute atomic E-state index is 12.5. The van der Waals surface area contributed by atoms with E-state index < -0.39 is 6.10 Å². The molecule has 3 rings (SSSR count). The lowest BCUT2D eigenvalue weighted by Gasteiger charge is -2.18. The van der Waals surface area contributed by atoms with Crippen LogP contribution >= 0.6 is 22.9 Å². The van der Waals surface area contributed by atoms with Gasteiger partial charge in [0.2, 0.25) is 0 Å². The summed E-state index contributed by atoms with van der Waals surface area (Å²) in [4.78, 5) is 24.2. The van der Waals surface area contributed by atoms with Gasteiger partial charge in [0.05, 0.1) is 15.2 Å². The number of carbonyl (C=O) groups excluding carboxylic acids is 1. The summed E-state index contributed by atoms with van der Waals surface area (Å²) in [5.41, 5.74) is 1.47. The zero-order valence-corrected chi connectivity index (χ0v) is 15.4. The SMILES string of the molecule is CC[C@H](Oc1ccccc1Cl)C(=O)Nc1ccc2c(c1)sc(=O)n2C. The number of rotatable bonds is 5. The van der Waals surface area contributed by atoms with Crippen molar-refractivity contribution in [2.45, 2.75) is 19.4 Å². The van der Waals surface area contributed by atoms with Crippen molar-refractivity contribution in [3.05, 3.63) is 57.2 Å². The van der Waals surface area contributed by atoms with Gasteiger partial charge in [-0.25, -0.2) is 0 Å². The Bertz CT molecular complexity index is 980. The van der Waals surface area contributed by atoms with Gasteiger partial charge in [0.1, 0.15) is 5.75 Å². The van der Waals surface area contributed by atoms with Crippen LogP contribution in [0.25, 0.3) is 10.2 Å². The number of ether oxygens (including phenoxy) is 1. The van der Waals surface area contributed by atoms with Crippen LogP contribution < -0.4 is 14.9 Å². The molecular formula is C18H17ClN2O3S. The molecule has 0 aliphatic rings.